The van der Waals surface area contributed by atoms with E-state index < -0.39 is 0 Å². The summed E-state index contributed by atoms with van der Waals surface area (Å²) >= 11 is 0. The van der Waals surface area contributed by atoms with Gasteiger partial charge in [0.1, 0.15) is 5.69 Å². The van der Waals surface area contributed by atoms with E-state index in [0.717, 1.165) is 60.9 Å². The second-order valence-electron chi connectivity index (χ2n) is 10.1. The summed E-state index contributed by atoms with van der Waals surface area (Å²) in [6, 6.07) is 26.4. The molecular weight excluding hydrogens is 502 g/mol. The predicted molar refractivity (Wildman–Crippen MR) is 161 cm³/mol. The molecule has 0 atom stereocenters. The standard InChI is InChI=1S/C32H35N5O3/c1-3-37-22(2)4-17-30(37)32(40)35-27-13-9-25(10-14-27)33-24-7-11-26(12-8-24)34-31(39)23-5-15-28(16-6-23)36-20-18-29(38)19-21-36/h4-17,29,33,38H,3,18-21H2,1-2H3,(H,34,39)(H,35,40). The van der Waals surface area contributed by atoms with Crippen LogP contribution in [0.5, 0.6) is 0 Å². The van der Waals surface area contributed by atoms with Gasteiger partial charge in [0.25, 0.3) is 11.8 Å². The Labute approximate surface area is 234 Å². The van der Waals surface area contributed by atoms with Crippen molar-refractivity contribution >= 4 is 40.3 Å². The number of nitrogens with zero attached hydrogens (tertiary/aromatic N) is 2. The van der Waals surface area contributed by atoms with Crippen molar-refractivity contribution in [3.63, 3.8) is 0 Å². The van der Waals surface area contributed by atoms with Gasteiger partial charge in [0.15, 0.2) is 0 Å². The van der Waals surface area contributed by atoms with E-state index in [1.165, 1.54) is 0 Å². The van der Waals surface area contributed by atoms with E-state index >= 15 is 0 Å². The van der Waals surface area contributed by atoms with Crippen molar-refractivity contribution in [1.29, 1.82) is 0 Å². The summed E-state index contributed by atoms with van der Waals surface area (Å²) in [4.78, 5) is 27.7. The Morgan fingerprint density at radius 2 is 1.27 bits per heavy atom. The molecule has 3 aromatic carbocycles. The van der Waals surface area contributed by atoms with E-state index in [0.29, 0.717) is 16.9 Å². The van der Waals surface area contributed by atoms with Crippen molar-refractivity contribution in [3.05, 3.63) is 102 Å². The number of hydrogen-bond acceptors (Lipinski definition) is 5. The number of aromatic nitrogens is 1. The van der Waals surface area contributed by atoms with E-state index in [2.05, 4.69) is 20.9 Å². The normalized spacial score (nSPS) is 13.6. The summed E-state index contributed by atoms with van der Waals surface area (Å²) in [5, 5.41) is 19.0. The van der Waals surface area contributed by atoms with Gasteiger partial charge in [-0.1, -0.05) is 0 Å². The molecular formula is C32H35N5O3. The molecule has 40 heavy (non-hydrogen) atoms. The number of anilines is 5. The first kappa shape index (κ1) is 27.0. The topological polar surface area (TPSA) is 98.6 Å². The molecule has 0 spiro atoms. The highest BCUT2D eigenvalue weighted by molar-refractivity contribution is 6.04. The van der Waals surface area contributed by atoms with Crippen molar-refractivity contribution < 1.29 is 14.7 Å². The van der Waals surface area contributed by atoms with Crippen molar-refractivity contribution in [1.82, 2.24) is 4.57 Å². The van der Waals surface area contributed by atoms with Crippen LogP contribution in [0.2, 0.25) is 0 Å². The van der Waals surface area contributed by atoms with Crippen LogP contribution in [0.3, 0.4) is 0 Å². The molecule has 4 aromatic rings. The van der Waals surface area contributed by atoms with Gasteiger partial charge < -0.3 is 30.5 Å². The quantitative estimate of drug-likeness (QED) is 0.220. The maximum absolute atomic E-state index is 12.8. The summed E-state index contributed by atoms with van der Waals surface area (Å²) in [5.41, 5.74) is 6.54. The van der Waals surface area contributed by atoms with Gasteiger partial charge in [0.05, 0.1) is 6.10 Å². The number of amides is 2. The van der Waals surface area contributed by atoms with Gasteiger partial charge in [0.2, 0.25) is 0 Å². The smallest absolute Gasteiger partial charge is 0.272 e. The molecule has 5 rings (SSSR count). The fourth-order valence-corrected chi connectivity index (χ4v) is 4.97. The molecule has 206 valence electrons. The molecule has 4 N–H and O–H groups in total. The molecule has 0 unspecified atom stereocenters. The van der Waals surface area contributed by atoms with Gasteiger partial charge in [-0.05, 0) is 112 Å². The third kappa shape index (κ3) is 6.35. The lowest BCUT2D eigenvalue weighted by Gasteiger charge is -2.31. The van der Waals surface area contributed by atoms with Crippen LogP contribution in [-0.2, 0) is 6.54 Å². The van der Waals surface area contributed by atoms with Crippen molar-refractivity contribution in [2.75, 3.05) is 33.9 Å². The zero-order valence-electron chi connectivity index (χ0n) is 22.9. The summed E-state index contributed by atoms with van der Waals surface area (Å²) < 4.78 is 1.98. The number of nitrogens with one attached hydrogen (secondary N) is 3. The summed E-state index contributed by atoms with van der Waals surface area (Å²) in [7, 11) is 0. The van der Waals surface area contributed by atoms with Crippen LogP contribution >= 0.6 is 0 Å². The second kappa shape index (κ2) is 12.1. The van der Waals surface area contributed by atoms with E-state index in [-0.39, 0.29) is 17.9 Å². The molecule has 1 saturated heterocycles. The van der Waals surface area contributed by atoms with Crippen LogP contribution in [0.1, 0.15) is 46.3 Å². The Kier molecular flexibility index (Phi) is 8.17. The maximum atomic E-state index is 12.8. The number of rotatable bonds is 8. The van der Waals surface area contributed by atoms with E-state index in [1.807, 2.05) is 103 Å². The van der Waals surface area contributed by atoms with E-state index in [1.54, 1.807) is 0 Å². The lowest BCUT2D eigenvalue weighted by Crippen LogP contribution is -2.35. The molecule has 1 aromatic heterocycles. The van der Waals surface area contributed by atoms with Crippen LogP contribution in [0.15, 0.2) is 84.9 Å². The minimum Gasteiger partial charge on any atom is -0.393 e. The number of piperidine rings is 1. The molecule has 0 radical (unpaired) electrons. The fraction of sp³-hybridized carbons (Fsp3) is 0.250. The van der Waals surface area contributed by atoms with E-state index in [9.17, 15) is 14.7 Å². The van der Waals surface area contributed by atoms with Gasteiger partial charge in [-0.3, -0.25) is 9.59 Å². The highest BCUT2D eigenvalue weighted by atomic mass is 16.3. The van der Waals surface area contributed by atoms with Crippen LogP contribution in [0.4, 0.5) is 28.4 Å². The molecule has 0 saturated carbocycles. The third-order valence-corrected chi connectivity index (χ3v) is 7.28. The Balaban J connectivity index is 1.13. The van der Waals surface area contributed by atoms with Crippen molar-refractivity contribution in [2.45, 2.75) is 39.3 Å². The SMILES string of the molecule is CCn1c(C)ccc1C(=O)Nc1ccc(Nc2ccc(NC(=O)c3ccc(N4CCC(O)CC4)cc3)cc2)cc1. The lowest BCUT2D eigenvalue weighted by molar-refractivity contribution is 0.101. The number of carbonyl (C=O) groups is 2. The first-order valence-electron chi connectivity index (χ1n) is 13.7. The highest BCUT2D eigenvalue weighted by Crippen LogP contribution is 2.23. The Morgan fingerprint density at radius 3 is 1.82 bits per heavy atom. The largest absolute Gasteiger partial charge is 0.393 e. The molecule has 2 heterocycles. The van der Waals surface area contributed by atoms with Gasteiger partial charge in [-0.15, -0.1) is 0 Å². The minimum absolute atomic E-state index is 0.132. The molecule has 1 aliphatic rings. The average molecular weight is 538 g/mol. The Hall–Kier alpha value is -4.56. The van der Waals surface area contributed by atoms with Gasteiger partial charge in [0, 0.05) is 59.3 Å². The molecule has 8 heteroatoms. The summed E-state index contributed by atoms with van der Waals surface area (Å²) in [6.45, 7) is 6.40. The molecule has 8 nitrogen and oxygen atoms in total. The van der Waals surface area contributed by atoms with Crippen molar-refractivity contribution in [2.24, 2.45) is 0 Å². The van der Waals surface area contributed by atoms with Gasteiger partial charge >= 0.3 is 0 Å². The molecule has 1 aliphatic heterocycles. The number of aliphatic hydroxyl groups excluding tert-OH is 1. The van der Waals surface area contributed by atoms with Crippen LogP contribution < -0.4 is 20.9 Å². The third-order valence-electron chi connectivity index (χ3n) is 7.28. The second-order valence-corrected chi connectivity index (χ2v) is 10.1. The van der Waals surface area contributed by atoms with Crippen LogP contribution in [0.25, 0.3) is 0 Å². The zero-order valence-corrected chi connectivity index (χ0v) is 22.9. The highest BCUT2D eigenvalue weighted by Gasteiger charge is 2.17. The Morgan fingerprint density at radius 1 is 0.750 bits per heavy atom. The summed E-state index contributed by atoms with van der Waals surface area (Å²) in [5.74, 6) is -0.299. The van der Waals surface area contributed by atoms with Crippen LogP contribution in [0, 0.1) is 6.92 Å². The summed E-state index contributed by atoms with van der Waals surface area (Å²) in [6.07, 6.45) is 1.33. The molecule has 0 bridgehead atoms. The first-order valence-corrected chi connectivity index (χ1v) is 13.7. The number of aryl methyl sites for hydroxylation is 1. The maximum Gasteiger partial charge on any atom is 0.272 e. The number of benzene rings is 3. The van der Waals surface area contributed by atoms with Gasteiger partial charge in [-0.25, -0.2) is 0 Å². The predicted octanol–water partition coefficient (Wildman–Crippen LogP) is 6.03. The molecule has 1 fully saturated rings. The minimum atomic E-state index is -0.211. The monoisotopic (exact) mass is 537 g/mol. The van der Waals surface area contributed by atoms with E-state index in [4.69, 9.17) is 0 Å². The lowest BCUT2D eigenvalue weighted by atomic mass is 10.1. The number of carbonyl (C=O) groups excluding carboxylic acids is 2. The van der Waals surface area contributed by atoms with Crippen LogP contribution in [-0.4, -0.2) is 40.7 Å². The molecule has 0 aliphatic carbocycles. The van der Waals surface area contributed by atoms with Gasteiger partial charge in [-0.2, -0.15) is 0 Å². The fourth-order valence-electron chi connectivity index (χ4n) is 4.97. The zero-order chi connectivity index (χ0) is 28.1. The Bertz CT molecular complexity index is 1450. The average Bonchev–Trinajstić information content (AvgIpc) is 3.36. The van der Waals surface area contributed by atoms with Crippen molar-refractivity contribution in [3.8, 4) is 0 Å². The number of aliphatic hydroxyl groups is 1. The number of hydrogen-bond donors (Lipinski definition) is 4. The first-order chi connectivity index (χ1) is 19.4. The molecule has 2 amide bonds.